The van der Waals surface area contributed by atoms with Crippen molar-refractivity contribution in [2.45, 2.75) is 25.3 Å². The van der Waals surface area contributed by atoms with Crippen molar-refractivity contribution in [3.05, 3.63) is 0 Å². The molecular formula is C11H23BN2O. The van der Waals surface area contributed by atoms with Crippen LogP contribution in [0.1, 0.15) is 19.3 Å². The molecule has 0 spiro atoms. The molecule has 2 saturated heterocycles. The van der Waals surface area contributed by atoms with Gasteiger partial charge in [-0.3, -0.25) is 0 Å². The first kappa shape index (κ1) is 11.4. The summed E-state index contributed by atoms with van der Waals surface area (Å²) in [7, 11) is 4.40. The number of rotatable bonds is 3. The molecular weight excluding hydrogens is 187 g/mol. The molecule has 0 bridgehead atoms. The van der Waals surface area contributed by atoms with Crippen LogP contribution in [0, 0.1) is 5.92 Å². The van der Waals surface area contributed by atoms with Gasteiger partial charge in [0.05, 0.1) is 6.61 Å². The molecule has 4 heteroatoms. The fraction of sp³-hybridized carbons (Fsp3) is 1.00. The van der Waals surface area contributed by atoms with Gasteiger partial charge in [0.1, 0.15) is 0 Å². The highest BCUT2D eigenvalue weighted by Gasteiger charge is 2.24. The molecule has 15 heavy (non-hydrogen) atoms. The van der Waals surface area contributed by atoms with E-state index in [0.29, 0.717) is 0 Å². The van der Waals surface area contributed by atoms with E-state index in [1.165, 1.54) is 38.9 Å². The van der Waals surface area contributed by atoms with Crippen molar-refractivity contribution in [1.29, 1.82) is 0 Å². The van der Waals surface area contributed by atoms with Crippen LogP contribution in [0.5, 0.6) is 0 Å². The summed E-state index contributed by atoms with van der Waals surface area (Å²) in [5.41, 5.74) is 0. The van der Waals surface area contributed by atoms with Gasteiger partial charge in [0, 0.05) is 19.2 Å². The first-order chi connectivity index (χ1) is 7.25. The Balaban J connectivity index is 1.68. The first-order valence-electron chi connectivity index (χ1n) is 6.22. The fourth-order valence-electron chi connectivity index (χ4n) is 2.71. The smallest absolute Gasteiger partial charge is 0.185 e. The van der Waals surface area contributed by atoms with Gasteiger partial charge in [0.25, 0.3) is 0 Å². The quantitative estimate of drug-likeness (QED) is 0.608. The number of hydrogen-bond acceptors (Lipinski definition) is 3. The Bertz CT molecular complexity index is 187. The van der Waals surface area contributed by atoms with E-state index < -0.39 is 0 Å². The highest BCUT2D eigenvalue weighted by atomic mass is 16.5. The maximum absolute atomic E-state index is 5.42. The largest absolute Gasteiger partial charge is 0.381 e. The fourth-order valence-corrected chi connectivity index (χ4v) is 2.71. The summed E-state index contributed by atoms with van der Waals surface area (Å²) in [6.45, 7) is 5.80. The van der Waals surface area contributed by atoms with Crippen molar-refractivity contribution in [3.8, 4) is 0 Å². The van der Waals surface area contributed by atoms with Gasteiger partial charge in [-0.25, -0.2) is 0 Å². The predicted octanol–water partition coefficient (Wildman–Crippen LogP) is -0.0328. The number of ether oxygens (including phenoxy) is 1. The second-order valence-electron chi connectivity index (χ2n) is 5.23. The first-order valence-corrected chi connectivity index (χ1v) is 6.22. The maximum Gasteiger partial charge on any atom is 0.185 e. The minimum atomic E-state index is 0.806. The van der Waals surface area contributed by atoms with Gasteiger partial charge in [-0.1, -0.05) is 0 Å². The van der Waals surface area contributed by atoms with Gasteiger partial charge in [-0.05, 0) is 45.3 Å². The van der Waals surface area contributed by atoms with Crippen molar-refractivity contribution in [2.24, 2.45) is 5.92 Å². The van der Waals surface area contributed by atoms with Crippen molar-refractivity contribution >= 4 is 7.98 Å². The molecule has 0 aromatic rings. The summed E-state index contributed by atoms with van der Waals surface area (Å²) in [6, 6.07) is 0.807. The van der Waals surface area contributed by atoms with E-state index in [1.807, 2.05) is 0 Å². The highest BCUT2D eigenvalue weighted by Crippen LogP contribution is 2.18. The van der Waals surface area contributed by atoms with Crippen LogP contribution in [0.15, 0.2) is 0 Å². The van der Waals surface area contributed by atoms with Crippen molar-refractivity contribution in [1.82, 2.24) is 9.71 Å². The molecule has 2 aliphatic heterocycles. The minimum Gasteiger partial charge on any atom is -0.381 e. The molecule has 0 aromatic heterocycles. The topological polar surface area (TPSA) is 15.7 Å². The third-order valence-corrected chi connectivity index (χ3v) is 3.83. The molecule has 86 valence electrons. The second kappa shape index (κ2) is 5.33. The van der Waals surface area contributed by atoms with E-state index in [0.717, 1.165) is 25.2 Å². The summed E-state index contributed by atoms with van der Waals surface area (Å²) >= 11 is 0. The van der Waals surface area contributed by atoms with Crippen LogP contribution in [0.25, 0.3) is 0 Å². The van der Waals surface area contributed by atoms with E-state index in [9.17, 15) is 0 Å². The van der Waals surface area contributed by atoms with E-state index in [1.54, 1.807) is 0 Å². The van der Waals surface area contributed by atoms with Crippen molar-refractivity contribution < 1.29 is 4.74 Å². The third-order valence-electron chi connectivity index (χ3n) is 3.83. The molecule has 1 atom stereocenters. The van der Waals surface area contributed by atoms with Crippen molar-refractivity contribution in [3.63, 3.8) is 0 Å². The Kier molecular flexibility index (Phi) is 4.06. The Morgan fingerprint density at radius 3 is 2.60 bits per heavy atom. The van der Waals surface area contributed by atoms with Crippen LogP contribution in [0.2, 0.25) is 0 Å². The Labute approximate surface area is 94.2 Å². The van der Waals surface area contributed by atoms with Crippen LogP contribution in [0.4, 0.5) is 0 Å². The lowest BCUT2D eigenvalue weighted by atomic mass is 9.99. The van der Waals surface area contributed by atoms with Crippen LogP contribution in [-0.4, -0.2) is 63.6 Å². The molecule has 1 unspecified atom stereocenters. The molecule has 0 radical (unpaired) electrons. The molecule has 0 N–H and O–H groups in total. The highest BCUT2D eigenvalue weighted by molar-refractivity contribution is 6.04. The van der Waals surface area contributed by atoms with E-state index in [-0.39, 0.29) is 0 Å². The van der Waals surface area contributed by atoms with Gasteiger partial charge in [-0.2, -0.15) is 0 Å². The molecule has 2 heterocycles. The lowest BCUT2D eigenvalue weighted by molar-refractivity contribution is 0.136. The standard InChI is InChI=1S/C11H23BN2O/c1-13(12)11-2-5-14(6-3-11)8-10-4-7-15-9-10/h10-11H,2-9,12H2,1H3. The number of piperidine rings is 1. The Morgan fingerprint density at radius 2 is 2.07 bits per heavy atom. The molecule has 0 amide bonds. The normalized spacial score (nSPS) is 30.1. The third kappa shape index (κ3) is 3.20. The Morgan fingerprint density at radius 1 is 1.33 bits per heavy atom. The van der Waals surface area contributed by atoms with Crippen LogP contribution < -0.4 is 0 Å². The summed E-state index contributed by atoms with van der Waals surface area (Å²) < 4.78 is 5.42. The summed E-state index contributed by atoms with van der Waals surface area (Å²) in [6.07, 6.45) is 3.94. The SMILES string of the molecule is BN(C)C1CCN(CC2CCOC2)CC1. The van der Waals surface area contributed by atoms with Gasteiger partial charge >= 0.3 is 0 Å². The van der Waals surface area contributed by atoms with Gasteiger partial charge in [0.2, 0.25) is 0 Å². The molecule has 2 rings (SSSR count). The molecule has 0 aromatic carbocycles. The second-order valence-corrected chi connectivity index (χ2v) is 5.23. The lowest BCUT2D eigenvalue weighted by Gasteiger charge is -2.36. The maximum atomic E-state index is 5.42. The molecule has 0 saturated carbocycles. The zero-order valence-electron chi connectivity index (χ0n) is 10.1. The average Bonchev–Trinajstić information content (AvgIpc) is 2.71. The zero-order chi connectivity index (χ0) is 10.7. The van der Waals surface area contributed by atoms with E-state index in [2.05, 4.69) is 24.7 Å². The van der Waals surface area contributed by atoms with Crippen LogP contribution in [-0.2, 0) is 4.74 Å². The monoisotopic (exact) mass is 210 g/mol. The zero-order valence-corrected chi connectivity index (χ0v) is 10.1. The number of hydrogen-bond donors (Lipinski definition) is 0. The number of nitrogens with zero attached hydrogens (tertiary/aromatic N) is 2. The molecule has 3 nitrogen and oxygen atoms in total. The molecule has 2 fully saturated rings. The summed E-state index contributed by atoms with van der Waals surface area (Å²) in [4.78, 5) is 5.00. The molecule has 2 aliphatic rings. The van der Waals surface area contributed by atoms with Gasteiger partial charge < -0.3 is 14.4 Å². The van der Waals surface area contributed by atoms with Gasteiger partial charge in [0.15, 0.2) is 7.98 Å². The Hall–Kier alpha value is -0.0551. The number of likely N-dealkylation sites (tertiary alicyclic amines) is 1. The van der Waals surface area contributed by atoms with Gasteiger partial charge in [-0.15, -0.1) is 0 Å². The van der Waals surface area contributed by atoms with E-state index in [4.69, 9.17) is 4.74 Å². The summed E-state index contributed by atoms with van der Waals surface area (Å²) in [5, 5.41) is 0. The van der Waals surface area contributed by atoms with E-state index >= 15 is 0 Å². The molecule has 0 aliphatic carbocycles. The van der Waals surface area contributed by atoms with Crippen LogP contribution >= 0.6 is 0 Å². The lowest BCUT2D eigenvalue weighted by Crippen LogP contribution is -2.44. The minimum absolute atomic E-state index is 0.806. The van der Waals surface area contributed by atoms with Crippen molar-refractivity contribution in [2.75, 3.05) is 39.9 Å². The summed E-state index contributed by atoms with van der Waals surface area (Å²) in [5.74, 6) is 0.806. The average molecular weight is 210 g/mol. The van der Waals surface area contributed by atoms with Crippen LogP contribution in [0.3, 0.4) is 0 Å². The predicted molar refractivity (Wildman–Crippen MR) is 64.7 cm³/mol.